The van der Waals surface area contributed by atoms with Gasteiger partial charge in [0.05, 0.1) is 5.02 Å². The fourth-order valence-corrected chi connectivity index (χ4v) is 1.92. The van der Waals surface area contributed by atoms with Crippen LogP contribution >= 0.6 is 11.6 Å². The molecule has 5 heteroatoms. The van der Waals surface area contributed by atoms with E-state index in [9.17, 15) is 4.39 Å². The van der Waals surface area contributed by atoms with Crippen LogP contribution in [0, 0.1) is 28.5 Å². The molecule has 0 aromatic heterocycles. The number of hydrogen-bond donors (Lipinski definition) is 0. The molecule has 22 heavy (non-hydrogen) atoms. The lowest BCUT2D eigenvalue weighted by atomic mass is 10.1. The summed E-state index contributed by atoms with van der Waals surface area (Å²) in [6, 6.07) is 14.9. The third-order valence-electron chi connectivity index (χ3n) is 2.82. The number of hydrogen-bond acceptors (Lipinski definition) is 3. The van der Waals surface area contributed by atoms with Crippen molar-refractivity contribution in [3.63, 3.8) is 0 Å². The highest BCUT2D eigenvalue weighted by Crippen LogP contribution is 2.19. The number of halogens is 2. The molecule has 0 aliphatic rings. The molecular formula is C17H10ClFN2O. The zero-order valence-corrected chi connectivity index (χ0v) is 12.1. The van der Waals surface area contributed by atoms with E-state index >= 15 is 0 Å². The first kappa shape index (κ1) is 15.6. The summed E-state index contributed by atoms with van der Waals surface area (Å²) < 4.78 is 18.6. The maximum Gasteiger partial charge on any atom is 0.141 e. The van der Waals surface area contributed by atoms with Gasteiger partial charge in [0.25, 0.3) is 0 Å². The highest BCUT2D eigenvalue weighted by molar-refractivity contribution is 6.30. The highest BCUT2D eigenvalue weighted by atomic mass is 35.5. The molecule has 2 rings (SSSR count). The van der Waals surface area contributed by atoms with Crippen LogP contribution in [0.15, 0.2) is 48.0 Å². The Kier molecular flexibility index (Phi) is 5.14. The third kappa shape index (κ3) is 4.09. The van der Waals surface area contributed by atoms with Gasteiger partial charge >= 0.3 is 0 Å². The molecule has 0 heterocycles. The summed E-state index contributed by atoms with van der Waals surface area (Å²) >= 11 is 5.70. The van der Waals surface area contributed by atoms with Crippen molar-refractivity contribution in [3.05, 3.63) is 70.0 Å². The summed E-state index contributed by atoms with van der Waals surface area (Å²) in [5.74, 6) is 0.153. The van der Waals surface area contributed by atoms with E-state index in [1.807, 2.05) is 0 Å². The molecule has 0 saturated heterocycles. The second-order valence-corrected chi connectivity index (χ2v) is 4.79. The molecule has 0 spiro atoms. The molecule has 0 aliphatic carbocycles. The minimum absolute atomic E-state index is 0.0367. The van der Waals surface area contributed by atoms with E-state index in [2.05, 4.69) is 0 Å². The van der Waals surface area contributed by atoms with Gasteiger partial charge in [0.15, 0.2) is 0 Å². The molecule has 0 N–H and O–H groups in total. The summed E-state index contributed by atoms with van der Waals surface area (Å²) in [5, 5.41) is 17.4. The third-order valence-corrected chi connectivity index (χ3v) is 3.11. The van der Waals surface area contributed by atoms with Crippen LogP contribution in [0.4, 0.5) is 4.39 Å². The molecular weight excluding hydrogens is 303 g/mol. The second kappa shape index (κ2) is 7.26. The van der Waals surface area contributed by atoms with Crippen LogP contribution < -0.4 is 4.74 Å². The summed E-state index contributed by atoms with van der Waals surface area (Å²) in [7, 11) is 0. The minimum Gasteiger partial charge on any atom is -0.489 e. The van der Waals surface area contributed by atoms with Gasteiger partial charge in [-0.2, -0.15) is 10.5 Å². The van der Waals surface area contributed by atoms with E-state index in [0.717, 1.165) is 11.1 Å². The van der Waals surface area contributed by atoms with Crippen LogP contribution in [0.2, 0.25) is 5.02 Å². The predicted octanol–water partition coefficient (Wildman–Crippen LogP) is 4.49. The van der Waals surface area contributed by atoms with Crippen molar-refractivity contribution >= 4 is 17.7 Å². The number of nitriles is 2. The largest absolute Gasteiger partial charge is 0.489 e. The Morgan fingerprint density at radius 3 is 2.41 bits per heavy atom. The van der Waals surface area contributed by atoms with Gasteiger partial charge < -0.3 is 4.74 Å². The SMILES string of the molecule is N#CC(C#N)=Cc1ccc(OCc2ccc(F)c(Cl)c2)cc1. The molecule has 3 nitrogen and oxygen atoms in total. The molecule has 0 radical (unpaired) electrons. The molecule has 2 aromatic carbocycles. The molecule has 0 aliphatic heterocycles. The van der Waals surface area contributed by atoms with Crippen LogP contribution in [0.25, 0.3) is 6.08 Å². The number of nitrogens with zero attached hydrogens (tertiary/aromatic N) is 2. The Morgan fingerprint density at radius 1 is 1.14 bits per heavy atom. The van der Waals surface area contributed by atoms with E-state index in [1.165, 1.54) is 18.2 Å². The molecule has 0 unspecified atom stereocenters. The first-order valence-electron chi connectivity index (χ1n) is 6.31. The van der Waals surface area contributed by atoms with E-state index in [-0.39, 0.29) is 17.2 Å². The van der Waals surface area contributed by atoms with Crippen LogP contribution in [0.3, 0.4) is 0 Å². The molecule has 0 saturated carbocycles. The number of benzene rings is 2. The van der Waals surface area contributed by atoms with Crippen LogP contribution in [0.1, 0.15) is 11.1 Å². The lowest BCUT2D eigenvalue weighted by molar-refractivity contribution is 0.306. The number of allylic oxidation sites excluding steroid dienone is 1. The van der Waals surface area contributed by atoms with Gasteiger partial charge in [0, 0.05) is 0 Å². The Bertz CT molecular complexity index is 770. The first-order valence-corrected chi connectivity index (χ1v) is 6.69. The predicted molar refractivity (Wildman–Crippen MR) is 81.4 cm³/mol. The van der Waals surface area contributed by atoms with E-state index in [4.69, 9.17) is 26.9 Å². The fraction of sp³-hybridized carbons (Fsp3) is 0.0588. The molecule has 0 atom stereocenters. The lowest BCUT2D eigenvalue weighted by Gasteiger charge is -2.07. The van der Waals surface area contributed by atoms with E-state index in [1.54, 1.807) is 42.5 Å². The first-order chi connectivity index (χ1) is 10.6. The smallest absolute Gasteiger partial charge is 0.141 e. The zero-order chi connectivity index (χ0) is 15.9. The molecule has 0 bridgehead atoms. The van der Waals surface area contributed by atoms with Gasteiger partial charge in [-0.3, -0.25) is 0 Å². The summed E-state index contributed by atoms with van der Waals surface area (Å²) in [4.78, 5) is 0. The van der Waals surface area contributed by atoms with Gasteiger partial charge in [0.2, 0.25) is 0 Å². The Balaban J connectivity index is 2.03. The van der Waals surface area contributed by atoms with E-state index in [0.29, 0.717) is 5.75 Å². The van der Waals surface area contributed by atoms with Gasteiger partial charge in [-0.1, -0.05) is 29.8 Å². The zero-order valence-electron chi connectivity index (χ0n) is 11.4. The van der Waals surface area contributed by atoms with Gasteiger partial charge in [0.1, 0.15) is 35.9 Å². The molecule has 0 fully saturated rings. The van der Waals surface area contributed by atoms with Gasteiger partial charge in [-0.25, -0.2) is 4.39 Å². The van der Waals surface area contributed by atoms with Crippen LogP contribution in [-0.4, -0.2) is 0 Å². The Hall–Kier alpha value is -2.82. The summed E-state index contributed by atoms with van der Waals surface area (Å²) in [5.41, 5.74) is 1.52. The highest BCUT2D eigenvalue weighted by Gasteiger charge is 2.02. The van der Waals surface area contributed by atoms with Crippen molar-refractivity contribution in [3.8, 4) is 17.9 Å². The van der Waals surface area contributed by atoms with Crippen molar-refractivity contribution in [1.29, 1.82) is 10.5 Å². The molecule has 0 amide bonds. The summed E-state index contributed by atoms with van der Waals surface area (Å²) in [6.07, 6.45) is 1.49. The average molecular weight is 313 g/mol. The second-order valence-electron chi connectivity index (χ2n) is 4.39. The van der Waals surface area contributed by atoms with Crippen molar-refractivity contribution in [1.82, 2.24) is 0 Å². The van der Waals surface area contributed by atoms with Crippen LogP contribution in [0.5, 0.6) is 5.75 Å². The van der Waals surface area contributed by atoms with E-state index < -0.39 is 5.82 Å². The van der Waals surface area contributed by atoms with Gasteiger partial charge in [-0.05, 0) is 41.5 Å². The molecule has 108 valence electrons. The maximum absolute atomic E-state index is 13.0. The van der Waals surface area contributed by atoms with Gasteiger partial charge in [-0.15, -0.1) is 0 Å². The Labute approximate surface area is 132 Å². The summed E-state index contributed by atoms with van der Waals surface area (Å²) in [6.45, 7) is 0.261. The van der Waals surface area contributed by atoms with Crippen molar-refractivity contribution < 1.29 is 9.13 Å². The fourth-order valence-electron chi connectivity index (χ4n) is 1.71. The lowest BCUT2D eigenvalue weighted by Crippen LogP contribution is -1.95. The molecule has 2 aromatic rings. The normalized spacial score (nSPS) is 9.45. The quantitative estimate of drug-likeness (QED) is 0.782. The number of rotatable bonds is 4. The monoisotopic (exact) mass is 312 g/mol. The standard InChI is InChI=1S/C17H10ClFN2O/c18-16-8-13(3-6-17(16)19)11-22-15-4-1-12(2-5-15)7-14(9-20)10-21/h1-8H,11H2. The average Bonchev–Trinajstić information content (AvgIpc) is 2.55. The maximum atomic E-state index is 13.0. The van der Waals surface area contributed by atoms with Crippen LogP contribution in [-0.2, 0) is 6.61 Å². The van der Waals surface area contributed by atoms with Crippen molar-refractivity contribution in [2.45, 2.75) is 6.61 Å². The minimum atomic E-state index is -0.465. The topological polar surface area (TPSA) is 56.8 Å². The number of ether oxygens (including phenoxy) is 1. The van der Waals surface area contributed by atoms with Crippen molar-refractivity contribution in [2.24, 2.45) is 0 Å². The van der Waals surface area contributed by atoms with Crippen molar-refractivity contribution in [2.75, 3.05) is 0 Å². The Morgan fingerprint density at radius 2 is 1.82 bits per heavy atom.